The van der Waals surface area contributed by atoms with Crippen LogP contribution in [0, 0.1) is 11.3 Å². The van der Waals surface area contributed by atoms with Gasteiger partial charge in [0.1, 0.15) is 10.9 Å². The van der Waals surface area contributed by atoms with Crippen LogP contribution in [-0.4, -0.2) is 33.2 Å². The lowest BCUT2D eigenvalue weighted by Gasteiger charge is -2.32. The summed E-state index contributed by atoms with van der Waals surface area (Å²) in [6, 6.07) is 5.44. The van der Waals surface area contributed by atoms with Crippen molar-refractivity contribution in [1.29, 1.82) is 5.26 Å². The monoisotopic (exact) mass is 446 g/mol. The first-order valence-electron chi connectivity index (χ1n) is 9.15. The van der Waals surface area contributed by atoms with Gasteiger partial charge in [-0.1, -0.05) is 17.7 Å². The molecule has 0 atom stereocenters. The van der Waals surface area contributed by atoms with Gasteiger partial charge in [0.2, 0.25) is 0 Å². The van der Waals surface area contributed by atoms with E-state index in [9.17, 15) is 23.2 Å². The Labute approximate surface area is 179 Å². The molecule has 158 valence electrons. The van der Waals surface area contributed by atoms with Gasteiger partial charge in [0.25, 0.3) is 0 Å². The number of nitrogens with one attached hydrogen (secondary N) is 1. The number of fused-ring (bicyclic) bond motifs is 1. The average Bonchev–Trinajstić information content (AvgIpc) is 3.15. The highest BCUT2D eigenvalue weighted by Crippen LogP contribution is 2.35. The van der Waals surface area contributed by atoms with E-state index in [1.165, 1.54) is 24.5 Å². The minimum atomic E-state index is -4.56. The normalized spacial score (nSPS) is 16.0. The van der Waals surface area contributed by atoms with Gasteiger partial charge < -0.3 is 9.47 Å². The molecule has 0 radical (unpaired) electrons. The fraction of sp³-hybridized carbons (Fsp3) is 0.250. The highest BCUT2D eigenvalue weighted by molar-refractivity contribution is 6.34. The molecule has 2 aliphatic heterocycles. The van der Waals surface area contributed by atoms with E-state index in [0.717, 1.165) is 6.07 Å². The molecule has 7 nitrogen and oxygen atoms in total. The summed E-state index contributed by atoms with van der Waals surface area (Å²) in [6.07, 6.45) is -1.62. The summed E-state index contributed by atoms with van der Waals surface area (Å²) in [5.74, 6) is 2.32. The Kier molecular flexibility index (Phi) is 5.31. The maximum Gasteiger partial charge on any atom is 0.416 e. The molecule has 2 aliphatic rings. The average molecular weight is 447 g/mol. The number of imidazole rings is 1. The first-order valence-corrected chi connectivity index (χ1v) is 9.53. The topological polar surface area (TPSA) is 86.3 Å². The quantitative estimate of drug-likeness (QED) is 0.733. The number of nitriles is 1. The van der Waals surface area contributed by atoms with E-state index in [1.807, 2.05) is 15.5 Å². The van der Waals surface area contributed by atoms with Crippen LogP contribution in [0.3, 0.4) is 0 Å². The van der Waals surface area contributed by atoms with Crippen molar-refractivity contribution < 1.29 is 18.0 Å². The van der Waals surface area contributed by atoms with Gasteiger partial charge in [-0.15, -0.1) is 0 Å². The van der Waals surface area contributed by atoms with E-state index in [4.69, 9.17) is 11.6 Å². The first kappa shape index (κ1) is 20.7. The van der Waals surface area contributed by atoms with Crippen LogP contribution in [0.2, 0.25) is 0 Å². The molecule has 11 heteroatoms. The molecule has 2 aromatic rings. The standard InChI is InChI=1S/C20H14ClF3N6O/c21-19-16(11-31)28-27-9-17(19)29-4-5-30-13(8-26-18(30)10-29)6-14-12(7-25)2-1-3-15(14)20(22,23)24/h1-3,8-9,28H,4-6,10H2. The summed E-state index contributed by atoms with van der Waals surface area (Å²) in [5.41, 5.74) is 2.70. The molecule has 4 rings (SSSR count). The summed E-state index contributed by atoms with van der Waals surface area (Å²) in [4.78, 5) is 17.2. The SMILES string of the molecule is N#Cc1cccc(C(F)(F)F)c1Cc1cnc2n1CCN(C1=C(Cl)C(=C=O)NN=C1)C2. The highest BCUT2D eigenvalue weighted by Gasteiger charge is 2.35. The van der Waals surface area contributed by atoms with Crippen LogP contribution in [0.5, 0.6) is 0 Å². The van der Waals surface area contributed by atoms with Crippen LogP contribution < -0.4 is 5.43 Å². The number of rotatable bonds is 3. The van der Waals surface area contributed by atoms with Crippen LogP contribution >= 0.6 is 11.6 Å². The number of aromatic nitrogens is 2. The summed E-state index contributed by atoms with van der Waals surface area (Å²) in [5, 5.41) is 13.4. The van der Waals surface area contributed by atoms with Crippen molar-refractivity contribution in [3.63, 3.8) is 0 Å². The molecular weight excluding hydrogens is 433 g/mol. The maximum absolute atomic E-state index is 13.5. The van der Waals surface area contributed by atoms with Crippen molar-refractivity contribution in [3.05, 3.63) is 69.0 Å². The van der Waals surface area contributed by atoms with E-state index in [-0.39, 0.29) is 28.3 Å². The Bertz CT molecular complexity index is 1200. The van der Waals surface area contributed by atoms with Crippen molar-refractivity contribution in [2.75, 3.05) is 6.54 Å². The fourth-order valence-electron chi connectivity index (χ4n) is 3.68. The van der Waals surface area contributed by atoms with Crippen LogP contribution in [0.25, 0.3) is 0 Å². The second kappa shape index (κ2) is 7.95. The molecule has 1 N–H and O–H groups in total. The van der Waals surface area contributed by atoms with Gasteiger partial charge in [-0.3, -0.25) is 5.43 Å². The molecule has 1 aromatic heterocycles. The number of allylic oxidation sites excluding steroid dienone is 2. The molecule has 1 aromatic carbocycles. The largest absolute Gasteiger partial charge is 0.416 e. The van der Waals surface area contributed by atoms with Crippen molar-refractivity contribution in [1.82, 2.24) is 19.9 Å². The lowest BCUT2D eigenvalue weighted by atomic mass is 9.97. The second-order valence-electron chi connectivity index (χ2n) is 6.90. The third-order valence-corrected chi connectivity index (χ3v) is 5.54. The lowest BCUT2D eigenvalue weighted by Crippen LogP contribution is -2.36. The van der Waals surface area contributed by atoms with Crippen molar-refractivity contribution >= 4 is 23.8 Å². The van der Waals surface area contributed by atoms with E-state index in [0.29, 0.717) is 36.8 Å². The predicted molar refractivity (Wildman–Crippen MR) is 105 cm³/mol. The Morgan fingerprint density at radius 1 is 1.29 bits per heavy atom. The molecule has 0 amide bonds. The molecule has 0 aliphatic carbocycles. The van der Waals surface area contributed by atoms with Gasteiger partial charge in [-0.05, 0) is 17.7 Å². The van der Waals surface area contributed by atoms with Gasteiger partial charge in [-0.25, -0.2) is 9.78 Å². The van der Waals surface area contributed by atoms with E-state index >= 15 is 0 Å². The van der Waals surface area contributed by atoms with Crippen molar-refractivity contribution in [2.45, 2.75) is 25.7 Å². The summed E-state index contributed by atoms with van der Waals surface area (Å²) >= 11 is 6.24. The van der Waals surface area contributed by atoms with E-state index in [1.54, 1.807) is 5.94 Å². The molecule has 3 heterocycles. The molecule has 0 saturated heterocycles. The Morgan fingerprint density at radius 3 is 2.81 bits per heavy atom. The number of hydrogen-bond donors (Lipinski definition) is 1. The number of nitrogens with zero attached hydrogens (tertiary/aromatic N) is 5. The maximum atomic E-state index is 13.5. The Balaban J connectivity index is 1.65. The van der Waals surface area contributed by atoms with E-state index in [2.05, 4.69) is 15.5 Å². The van der Waals surface area contributed by atoms with Gasteiger partial charge in [0, 0.05) is 31.4 Å². The number of carbonyl (C=O) groups excluding carboxylic acids is 1. The minimum Gasteiger partial charge on any atom is -0.360 e. The zero-order chi connectivity index (χ0) is 22.2. The van der Waals surface area contributed by atoms with Crippen LogP contribution in [0.4, 0.5) is 13.2 Å². The zero-order valence-corrected chi connectivity index (χ0v) is 16.6. The summed E-state index contributed by atoms with van der Waals surface area (Å²) in [7, 11) is 0. The van der Waals surface area contributed by atoms with Crippen LogP contribution in [-0.2, 0) is 30.5 Å². The summed E-state index contributed by atoms with van der Waals surface area (Å²) < 4.78 is 42.3. The lowest BCUT2D eigenvalue weighted by molar-refractivity contribution is -0.138. The minimum absolute atomic E-state index is 0.0150. The number of hydrazone groups is 1. The predicted octanol–water partition coefficient (Wildman–Crippen LogP) is 2.93. The molecule has 0 spiro atoms. The third kappa shape index (κ3) is 3.81. The number of alkyl halides is 3. The smallest absolute Gasteiger partial charge is 0.360 e. The zero-order valence-electron chi connectivity index (χ0n) is 15.9. The van der Waals surface area contributed by atoms with Crippen LogP contribution in [0.1, 0.15) is 28.2 Å². The molecule has 31 heavy (non-hydrogen) atoms. The van der Waals surface area contributed by atoms with E-state index < -0.39 is 11.7 Å². The first-order chi connectivity index (χ1) is 14.8. The number of hydrogen-bond acceptors (Lipinski definition) is 6. The summed E-state index contributed by atoms with van der Waals surface area (Å²) in [6.45, 7) is 1.25. The number of halogens is 4. The molecule has 0 unspecified atom stereocenters. The second-order valence-corrected chi connectivity index (χ2v) is 7.28. The van der Waals surface area contributed by atoms with Gasteiger partial charge in [0.05, 0.1) is 35.7 Å². The molecule has 0 saturated carbocycles. The molecule has 0 bridgehead atoms. The third-order valence-electron chi connectivity index (χ3n) is 5.16. The number of benzene rings is 1. The fourth-order valence-corrected chi connectivity index (χ4v) is 3.93. The van der Waals surface area contributed by atoms with Gasteiger partial charge >= 0.3 is 6.18 Å². The van der Waals surface area contributed by atoms with Crippen LogP contribution in [0.15, 0.2) is 45.9 Å². The van der Waals surface area contributed by atoms with Crippen molar-refractivity contribution in [2.24, 2.45) is 5.10 Å². The molecule has 0 fully saturated rings. The highest BCUT2D eigenvalue weighted by atomic mass is 35.5. The Morgan fingerprint density at radius 2 is 2.10 bits per heavy atom. The van der Waals surface area contributed by atoms with Gasteiger partial charge in [-0.2, -0.15) is 23.5 Å². The Hall–Kier alpha value is -3.54. The van der Waals surface area contributed by atoms with Crippen molar-refractivity contribution in [3.8, 4) is 6.07 Å². The van der Waals surface area contributed by atoms with Gasteiger partial charge in [0.15, 0.2) is 11.6 Å². The molecular formula is C20H14ClF3N6O.